The molecule has 0 spiro atoms. The zero-order chi connectivity index (χ0) is 20.6. The van der Waals surface area contributed by atoms with Crippen LogP contribution in [0.2, 0.25) is 0 Å². The third-order valence-electron chi connectivity index (χ3n) is 5.36. The van der Waals surface area contributed by atoms with Crippen molar-refractivity contribution in [2.75, 3.05) is 19.5 Å². The number of anilines is 1. The molecule has 0 radical (unpaired) electrons. The first-order chi connectivity index (χ1) is 14.0. The van der Waals surface area contributed by atoms with Crippen molar-refractivity contribution in [2.45, 2.75) is 18.8 Å². The summed E-state index contributed by atoms with van der Waals surface area (Å²) in [6, 6.07) is 16.9. The number of carbonyl (C=O) groups is 2. The highest BCUT2D eigenvalue weighted by Crippen LogP contribution is 2.43. The van der Waals surface area contributed by atoms with Crippen molar-refractivity contribution in [3.8, 4) is 16.9 Å². The molecule has 1 aliphatic heterocycles. The molecule has 1 N–H and O–H groups in total. The molecule has 6 nitrogen and oxygen atoms in total. The summed E-state index contributed by atoms with van der Waals surface area (Å²) < 4.78 is 15.8. The Morgan fingerprint density at radius 2 is 1.90 bits per heavy atom. The van der Waals surface area contributed by atoms with E-state index in [1.807, 2.05) is 49.4 Å². The molecule has 148 valence electrons. The number of esters is 1. The van der Waals surface area contributed by atoms with Gasteiger partial charge in [0.15, 0.2) is 0 Å². The van der Waals surface area contributed by atoms with Crippen molar-refractivity contribution >= 4 is 17.6 Å². The fourth-order valence-corrected chi connectivity index (χ4v) is 3.75. The van der Waals surface area contributed by atoms with Gasteiger partial charge in [0.25, 0.3) is 0 Å². The van der Waals surface area contributed by atoms with Crippen molar-refractivity contribution in [3.05, 3.63) is 71.7 Å². The quantitative estimate of drug-likeness (QED) is 0.660. The van der Waals surface area contributed by atoms with Crippen LogP contribution in [0.3, 0.4) is 0 Å². The summed E-state index contributed by atoms with van der Waals surface area (Å²) in [5, 5.41) is 2.95. The monoisotopic (exact) mass is 391 g/mol. The first-order valence-electron chi connectivity index (χ1n) is 9.22. The number of fused-ring (bicyclic) bond motifs is 1. The summed E-state index contributed by atoms with van der Waals surface area (Å²) in [6.07, 6.45) is 0.318. The Morgan fingerprint density at radius 3 is 2.66 bits per heavy atom. The van der Waals surface area contributed by atoms with Crippen LogP contribution in [-0.4, -0.2) is 26.1 Å². The molecule has 1 aromatic heterocycles. The minimum atomic E-state index is -0.835. The summed E-state index contributed by atoms with van der Waals surface area (Å²) in [5.41, 5.74) is 2.72. The van der Waals surface area contributed by atoms with E-state index >= 15 is 0 Å². The lowest BCUT2D eigenvalue weighted by atomic mass is 9.79. The van der Waals surface area contributed by atoms with Crippen molar-refractivity contribution in [1.82, 2.24) is 0 Å². The predicted molar refractivity (Wildman–Crippen MR) is 108 cm³/mol. The van der Waals surface area contributed by atoms with E-state index in [2.05, 4.69) is 10.1 Å². The maximum absolute atomic E-state index is 12.9. The van der Waals surface area contributed by atoms with Gasteiger partial charge in [0, 0.05) is 17.7 Å². The minimum Gasteiger partial charge on any atom is -0.496 e. The lowest BCUT2D eigenvalue weighted by Gasteiger charge is -2.21. The molecular weight excluding hydrogens is 370 g/mol. The Hall–Kier alpha value is -3.54. The highest BCUT2D eigenvalue weighted by molar-refractivity contribution is 6.06. The molecule has 0 fully saturated rings. The van der Waals surface area contributed by atoms with Crippen LogP contribution in [0.15, 0.2) is 59.0 Å². The maximum atomic E-state index is 12.9. The number of rotatable bonds is 5. The average molecular weight is 391 g/mol. The molecule has 3 aromatic rings. The number of nitrogens with one attached hydrogen (secondary N) is 1. The van der Waals surface area contributed by atoms with E-state index in [1.54, 1.807) is 19.2 Å². The SMILES string of the molecule is COC(=O)c1ccc(CC2(C)C(=O)Nc3ccc(-c4ccccc4OC)cc32)o1. The number of para-hydroxylation sites is 1. The van der Waals surface area contributed by atoms with Gasteiger partial charge in [0.2, 0.25) is 11.7 Å². The van der Waals surface area contributed by atoms with Gasteiger partial charge in [-0.2, -0.15) is 0 Å². The van der Waals surface area contributed by atoms with E-state index in [0.29, 0.717) is 12.2 Å². The first kappa shape index (κ1) is 18.8. The molecular formula is C23H21NO5. The van der Waals surface area contributed by atoms with E-state index < -0.39 is 11.4 Å². The van der Waals surface area contributed by atoms with Gasteiger partial charge in [-0.1, -0.05) is 24.3 Å². The summed E-state index contributed by atoms with van der Waals surface area (Å²) >= 11 is 0. The third kappa shape index (κ3) is 3.16. The lowest BCUT2D eigenvalue weighted by Crippen LogP contribution is -2.33. The van der Waals surface area contributed by atoms with Gasteiger partial charge in [-0.05, 0) is 48.4 Å². The Kier molecular flexibility index (Phi) is 4.62. The molecule has 6 heteroatoms. The second-order valence-corrected chi connectivity index (χ2v) is 7.18. The second-order valence-electron chi connectivity index (χ2n) is 7.18. The van der Waals surface area contributed by atoms with E-state index in [0.717, 1.165) is 28.1 Å². The van der Waals surface area contributed by atoms with Gasteiger partial charge < -0.3 is 19.2 Å². The molecule has 2 aromatic carbocycles. The average Bonchev–Trinajstić information content (AvgIpc) is 3.30. The largest absolute Gasteiger partial charge is 0.496 e. The van der Waals surface area contributed by atoms with Gasteiger partial charge in [0.05, 0.1) is 19.6 Å². The third-order valence-corrected chi connectivity index (χ3v) is 5.36. The van der Waals surface area contributed by atoms with Crippen LogP contribution in [0.5, 0.6) is 5.75 Å². The summed E-state index contributed by atoms with van der Waals surface area (Å²) in [5.74, 6) is 0.767. The standard InChI is InChI=1S/C23H21NO5/c1-23(13-15-9-11-20(29-15)21(25)28-3)17-12-14(8-10-18(17)24-22(23)26)16-6-4-5-7-19(16)27-2/h4-12H,13H2,1-3H3,(H,24,26). The number of benzene rings is 2. The van der Waals surface area contributed by atoms with E-state index in [9.17, 15) is 9.59 Å². The van der Waals surface area contributed by atoms with Crippen LogP contribution >= 0.6 is 0 Å². The predicted octanol–water partition coefficient (Wildman–Crippen LogP) is 4.19. The number of hydrogen-bond donors (Lipinski definition) is 1. The van der Waals surface area contributed by atoms with Crippen LogP contribution < -0.4 is 10.1 Å². The van der Waals surface area contributed by atoms with Gasteiger partial charge >= 0.3 is 5.97 Å². The van der Waals surface area contributed by atoms with Gasteiger partial charge in [-0.3, -0.25) is 4.79 Å². The van der Waals surface area contributed by atoms with Gasteiger partial charge in [0.1, 0.15) is 11.5 Å². The molecule has 4 rings (SSSR count). The minimum absolute atomic E-state index is 0.110. The lowest BCUT2D eigenvalue weighted by molar-refractivity contribution is -0.120. The van der Waals surface area contributed by atoms with Crippen LogP contribution in [-0.2, 0) is 21.4 Å². The first-order valence-corrected chi connectivity index (χ1v) is 9.22. The van der Waals surface area contributed by atoms with E-state index in [4.69, 9.17) is 9.15 Å². The molecule has 1 aliphatic rings. The van der Waals surface area contributed by atoms with E-state index in [-0.39, 0.29) is 11.7 Å². The molecule has 0 aliphatic carbocycles. The molecule has 0 saturated heterocycles. The van der Waals surface area contributed by atoms with Crippen LogP contribution in [0.25, 0.3) is 11.1 Å². The topological polar surface area (TPSA) is 77.8 Å². The number of hydrogen-bond acceptors (Lipinski definition) is 5. The van der Waals surface area contributed by atoms with E-state index in [1.165, 1.54) is 7.11 Å². The van der Waals surface area contributed by atoms with Gasteiger partial charge in [-0.15, -0.1) is 0 Å². The molecule has 0 bridgehead atoms. The maximum Gasteiger partial charge on any atom is 0.373 e. The molecule has 0 saturated carbocycles. The van der Waals surface area contributed by atoms with Crippen molar-refractivity contribution in [1.29, 1.82) is 0 Å². The fraction of sp³-hybridized carbons (Fsp3) is 0.217. The summed E-state index contributed by atoms with van der Waals surface area (Å²) in [4.78, 5) is 24.5. The molecule has 2 heterocycles. The number of methoxy groups -OCH3 is 2. The molecule has 1 atom stereocenters. The van der Waals surface area contributed by atoms with Crippen molar-refractivity contribution in [2.24, 2.45) is 0 Å². The number of furan rings is 1. The van der Waals surface area contributed by atoms with Crippen LogP contribution in [0, 0.1) is 0 Å². The molecule has 1 amide bonds. The number of amides is 1. The van der Waals surface area contributed by atoms with Crippen LogP contribution in [0.1, 0.15) is 28.8 Å². The van der Waals surface area contributed by atoms with Crippen molar-refractivity contribution < 1.29 is 23.5 Å². The second kappa shape index (κ2) is 7.13. The number of carbonyl (C=O) groups excluding carboxylic acids is 2. The Bertz CT molecular complexity index is 1100. The fourth-order valence-electron chi connectivity index (χ4n) is 3.75. The highest BCUT2D eigenvalue weighted by Gasteiger charge is 2.43. The zero-order valence-electron chi connectivity index (χ0n) is 16.4. The highest BCUT2D eigenvalue weighted by atomic mass is 16.5. The Balaban J connectivity index is 1.73. The Morgan fingerprint density at radius 1 is 1.10 bits per heavy atom. The number of ether oxygens (including phenoxy) is 2. The Labute approximate surface area is 168 Å². The molecule has 29 heavy (non-hydrogen) atoms. The van der Waals surface area contributed by atoms with Gasteiger partial charge in [-0.25, -0.2) is 4.79 Å². The van der Waals surface area contributed by atoms with Crippen LogP contribution in [0.4, 0.5) is 5.69 Å². The van der Waals surface area contributed by atoms with Crippen molar-refractivity contribution in [3.63, 3.8) is 0 Å². The smallest absolute Gasteiger partial charge is 0.373 e. The summed E-state index contributed by atoms with van der Waals surface area (Å²) in [7, 11) is 2.93. The normalized spacial score (nSPS) is 17.6. The summed E-state index contributed by atoms with van der Waals surface area (Å²) in [6.45, 7) is 1.88. The zero-order valence-corrected chi connectivity index (χ0v) is 16.4. The molecule has 1 unspecified atom stereocenters.